The molecule has 19 heavy (non-hydrogen) atoms. The average Bonchev–Trinajstić information content (AvgIpc) is 2.43. The van der Waals surface area contributed by atoms with Crippen molar-refractivity contribution in [2.45, 2.75) is 19.4 Å². The molecule has 1 aromatic rings. The first-order valence-corrected chi connectivity index (χ1v) is 6.96. The molecule has 3 heterocycles. The summed E-state index contributed by atoms with van der Waals surface area (Å²) in [5, 5.41) is 4.58. The molecule has 0 spiro atoms. The van der Waals surface area contributed by atoms with E-state index in [9.17, 15) is 4.39 Å². The van der Waals surface area contributed by atoms with Gasteiger partial charge in [0, 0.05) is 18.0 Å². The van der Waals surface area contributed by atoms with E-state index in [1.165, 1.54) is 6.07 Å². The van der Waals surface area contributed by atoms with Gasteiger partial charge in [-0.15, -0.1) is 0 Å². The Morgan fingerprint density at radius 1 is 1.37 bits per heavy atom. The first-order valence-electron chi connectivity index (χ1n) is 6.58. The van der Waals surface area contributed by atoms with E-state index in [0.29, 0.717) is 16.5 Å². The van der Waals surface area contributed by atoms with Gasteiger partial charge >= 0.3 is 0 Å². The molecule has 3 nitrogen and oxygen atoms in total. The summed E-state index contributed by atoms with van der Waals surface area (Å²) in [7, 11) is 0. The Morgan fingerprint density at radius 2 is 2.16 bits per heavy atom. The van der Waals surface area contributed by atoms with Crippen LogP contribution in [0.25, 0.3) is 0 Å². The van der Waals surface area contributed by atoms with Gasteiger partial charge in [-0.3, -0.25) is 4.90 Å². The lowest BCUT2D eigenvalue weighted by atomic mass is 9.87. The number of rotatable bonds is 3. The summed E-state index contributed by atoms with van der Waals surface area (Å²) in [6.45, 7) is 3.28. The highest BCUT2D eigenvalue weighted by atomic mass is 35.5. The molecule has 3 fully saturated rings. The van der Waals surface area contributed by atoms with Crippen LogP contribution in [-0.4, -0.2) is 30.2 Å². The van der Waals surface area contributed by atoms with E-state index in [1.54, 1.807) is 12.1 Å². The van der Waals surface area contributed by atoms with E-state index in [1.807, 2.05) is 0 Å². The third-order valence-corrected chi connectivity index (χ3v) is 4.25. The summed E-state index contributed by atoms with van der Waals surface area (Å²) in [4.78, 5) is 7.68. The summed E-state index contributed by atoms with van der Waals surface area (Å²) in [6, 6.07) is 4.62. The molecule has 0 aliphatic carbocycles. The van der Waals surface area contributed by atoms with Crippen LogP contribution in [0.3, 0.4) is 0 Å². The molecule has 0 N–H and O–H groups in total. The van der Waals surface area contributed by atoms with Gasteiger partial charge in [0.25, 0.3) is 0 Å². The highest BCUT2D eigenvalue weighted by Gasteiger charge is 2.31. The van der Waals surface area contributed by atoms with Crippen molar-refractivity contribution in [1.82, 2.24) is 4.90 Å². The van der Waals surface area contributed by atoms with Crippen LogP contribution in [0.5, 0.6) is 0 Å². The van der Waals surface area contributed by atoms with Crippen LogP contribution in [0.1, 0.15) is 18.4 Å². The van der Waals surface area contributed by atoms with E-state index in [2.05, 4.69) is 10.1 Å². The van der Waals surface area contributed by atoms with Gasteiger partial charge in [0.1, 0.15) is 12.4 Å². The molecule has 0 saturated carbocycles. The zero-order valence-corrected chi connectivity index (χ0v) is 11.4. The second-order valence-electron chi connectivity index (χ2n) is 5.11. The number of nitrogens with zero attached hydrogens (tertiary/aromatic N) is 2. The number of hydrogen-bond acceptors (Lipinski definition) is 3. The SMILES string of the molecule is Fc1cccc(Cl)c1CO/N=C1/CN2CCC1CC2. The van der Waals surface area contributed by atoms with Crippen molar-refractivity contribution in [3.05, 3.63) is 34.6 Å². The number of oxime groups is 1. The average molecular weight is 283 g/mol. The minimum absolute atomic E-state index is 0.0850. The minimum atomic E-state index is -0.346. The summed E-state index contributed by atoms with van der Waals surface area (Å²) in [6.07, 6.45) is 2.31. The number of fused-ring (bicyclic) bond motifs is 3. The van der Waals surface area contributed by atoms with Gasteiger partial charge in [-0.2, -0.15) is 0 Å². The van der Waals surface area contributed by atoms with Crippen LogP contribution < -0.4 is 0 Å². The molecule has 4 rings (SSSR count). The van der Waals surface area contributed by atoms with Crippen molar-refractivity contribution in [2.75, 3.05) is 19.6 Å². The first kappa shape index (κ1) is 12.9. The van der Waals surface area contributed by atoms with E-state index in [-0.39, 0.29) is 12.4 Å². The predicted molar refractivity (Wildman–Crippen MR) is 72.8 cm³/mol. The molecule has 5 heteroatoms. The maximum Gasteiger partial charge on any atom is 0.146 e. The third kappa shape index (κ3) is 2.74. The highest BCUT2D eigenvalue weighted by Crippen LogP contribution is 2.26. The Balaban J connectivity index is 1.64. The summed E-state index contributed by atoms with van der Waals surface area (Å²) in [5.74, 6) is 0.197. The summed E-state index contributed by atoms with van der Waals surface area (Å²) < 4.78 is 13.5. The van der Waals surface area contributed by atoms with Gasteiger partial charge < -0.3 is 4.84 Å². The molecule has 2 bridgehead atoms. The smallest absolute Gasteiger partial charge is 0.146 e. The molecule has 3 saturated heterocycles. The van der Waals surface area contributed by atoms with Crippen LogP contribution >= 0.6 is 11.6 Å². The summed E-state index contributed by atoms with van der Waals surface area (Å²) >= 11 is 5.94. The monoisotopic (exact) mass is 282 g/mol. The minimum Gasteiger partial charge on any atom is -0.391 e. The fraction of sp³-hybridized carbons (Fsp3) is 0.500. The zero-order valence-electron chi connectivity index (χ0n) is 10.6. The normalized spacial score (nSPS) is 27.8. The molecular weight excluding hydrogens is 267 g/mol. The fourth-order valence-corrected chi connectivity index (χ4v) is 2.95. The van der Waals surface area contributed by atoms with Crippen LogP contribution in [0.15, 0.2) is 23.4 Å². The maximum absolute atomic E-state index is 13.5. The molecule has 3 aliphatic heterocycles. The largest absolute Gasteiger partial charge is 0.391 e. The van der Waals surface area contributed by atoms with E-state index in [0.717, 1.165) is 38.2 Å². The molecule has 3 aliphatic rings. The highest BCUT2D eigenvalue weighted by molar-refractivity contribution is 6.31. The topological polar surface area (TPSA) is 24.8 Å². The lowest BCUT2D eigenvalue weighted by molar-refractivity contribution is 0.116. The van der Waals surface area contributed by atoms with Crippen LogP contribution in [0.4, 0.5) is 4.39 Å². The molecule has 102 valence electrons. The van der Waals surface area contributed by atoms with Crippen molar-refractivity contribution in [1.29, 1.82) is 0 Å². The third-order valence-electron chi connectivity index (χ3n) is 3.90. The number of halogens is 2. The lowest BCUT2D eigenvalue weighted by Crippen LogP contribution is -2.47. The van der Waals surface area contributed by atoms with Crippen LogP contribution in [0.2, 0.25) is 5.02 Å². The van der Waals surface area contributed by atoms with Gasteiger partial charge in [-0.25, -0.2) is 4.39 Å². The maximum atomic E-state index is 13.5. The second-order valence-corrected chi connectivity index (χ2v) is 5.51. The molecule has 0 amide bonds. The number of piperidine rings is 3. The van der Waals surface area contributed by atoms with E-state index < -0.39 is 0 Å². The van der Waals surface area contributed by atoms with E-state index in [4.69, 9.17) is 16.4 Å². The van der Waals surface area contributed by atoms with Crippen molar-refractivity contribution in [2.24, 2.45) is 11.1 Å². The molecule has 0 radical (unpaired) electrons. The molecule has 0 aromatic heterocycles. The van der Waals surface area contributed by atoms with Crippen LogP contribution in [0, 0.1) is 11.7 Å². The van der Waals surface area contributed by atoms with Crippen molar-refractivity contribution in [3.63, 3.8) is 0 Å². The standard InChI is InChI=1S/C14H16ClFN2O/c15-12-2-1-3-13(16)11(12)9-19-17-14-8-18-6-4-10(14)5-7-18/h1-3,10H,4-9H2/b17-14-. The zero-order chi connectivity index (χ0) is 13.2. The predicted octanol–water partition coefficient (Wildman–Crippen LogP) is 3.08. The molecule has 0 atom stereocenters. The Bertz CT molecular complexity index is 478. The molecule has 1 aromatic carbocycles. The van der Waals surface area contributed by atoms with Crippen molar-refractivity contribution >= 4 is 17.3 Å². The van der Waals surface area contributed by atoms with Gasteiger partial charge in [0.05, 0.1) is 10.7 Å². The van der Waals surface area contributed by atoms with E-state index >= 15 is 0 Å². The van der Waals surface area contributed by atoms with Gasteiger partial charge in [0.2, 0.25) is 0 Å². The fourth-order valence-electron chi connectivity index (χ4n) is 2.74. The van der Waals surface area contributed by atoms with Crippen molar-refractivity contribution < 1.29 is 9.23 Å². The quantitative estimate of drug-likeness (QED) is 0.796. The van der Waals surface area contributed by atoms with Crippen LogP contribution in [-0.2, 0) is 11.4 Å². The lowest BCUT2D eigenvalue weighted by Gasteiger charge is -2.39. The Labute approximate surface area is 117 Å². The Kier molecular flexibility index (Phi) is 3.71. The first-order chi connectivity index (χ1) is 9.24. The Hall–Kier alpha value is -1.13. The molecular formula is C14H16ClFN2O. The van der Waals surface area contributed by atoms with Crippen molar-refractivity contribution in [3.8, 4) is 0 Å². The number of benzene rings is 1. The second kappa shape index (κ2) is 5.47. The van der Waals surface area contributed by atoms with Gasteiger partial charge in [-0.05, 0) is 38.1 Å². The molecule has 0 unspecified atom stereocenters. The van der Waals surface area contributed by atoms with Gasteiger partial charge in [0.15, 0.2) is 0 Å². The number of hydrogen-bond donors (Lipinski definition) is 0. The Morgan fingerprint density at radius 3 is 2.79 bits per heavy atom. The van der Waals surface area contributed by atoms with Gasteiger partial charge in [-0.1, -0.05) is 22.8 Å². The summed E-state index contributed by atoms with van der Waals surface area (Å²) in [5.41, 5.74) is 1.46.